The van der Waals surface area contributed by atoms with Crippen molar-refractivity contribution in [3.05, 3.63) is 42.1 Å². The lowest BCUT2D eigenvalue weighted by Crippen LogP contribution is -2.01. The smallest absolute Gasteiger partial charge is 0.328 e. The second-order valence-electron chi connectivity index (χ2n) is 5.17. The molecule has 1 aliphatic rings. The Morgan fingerprint density at radius 2 is 2.00 bits per heavy atom. The molecule has 3 rings (SSSR count). The Morgan fingerprint density at radius 3 is 2.74 bits per heavy atom. The van der Waals surface area contributed by atoms with E-state index in [1.165, 1.54) is 18.9 Å². The van der Waals surface area contributed by atoms with Crippen molar-refractivity contribution >= 4 is 22.4 Å². The van der Waals surface area contributed by atoms with Gasteiger partial charge in [-0.2, -0.15) is 0 Å². The standard InChI is InChI=1S/C16H17NO2/c18-16(19)9-13(11-5-1-2-6-11)14-10-17-15-8-4-3-7-12(14)15/h3-4,7-11,17H,1-2,5-6H2,(H,18,19)/b13-9+. The molecule has 2 N–H and O–H groups in total. The van der Waals surface area contributed by atoms with Gasteiger partial charge in [-0.1, -0.05) is 31.0 Å². The predicted molar refractivity (Wildman–Crippen MR) is 75.9 cm³/mol. The molecule has 0 bridgehead atoms. The SMILES string of the molecule is O=C(O)/C=C(/c1c[nH]c2ccccc12)C1CCCC1. The van der Waals surface area contributed by atoms with Crippen LogP contribution in [-0.4, -0.2) is 16.1 Å². The van der Waals surface area contributed by atoms with Crippen LogP contribution in [0, 0.1) is 5.92 Å². The Kier molecular flexibility index (Phi) is 3.11. The molecule has 98 valence electrons. The van der Waals surface area contributed by atoms with Crippen LogP contribution in [-0.2, 0) is 4.79 Å². The quantitative estimate of drug-likeness (QED) is 0.819. The van der Waals surface area contributed by atoms with Crippen LogP contribution in [0.5, 0.6) is 0 Å². The molecule has 0 amide bonds. The van der Waals surface area contributed by atoms with Gasteiger partial charge >= 0.3 is 5.97 Å². The number of H-pyrrole nitrogens is 1. The third kappa shape index (κ3) is 2.28. The molecule has 0 saturated heterocycles. The fraction of sp³-hybridized carbons (Fsp3) is 0.312. The first-order valence-electron chi connectivity index (χ1n) is 6.76. The molecule has 3 nitrogen and oxygen atoms in total. The van der Waals surface area contributed by atoms with Crippen LogP contribution in [0.25, 0.3) is 16.5 Å². The highest BCUT2D eigenvalue weighted by molar-refractivity contribution is 5.98. The lowest BCUT2D eigenvalue weighted by Gasteiger charge is -2.13. The maximum absolute atomic E-state index is 11.1. The van der Waals surface area contributed by atoms with Crippen molar-refractivity contribution < 1.29 is 9.90 Å². The molecule has 1 fully saturated rings. The van der Waals surface area contributed by atoms with Crippen molar-refractivity contribution in [3.63, 3.8) is 0 Å². The van der Waals surface area contributed by atoms with E-state index < -0.39 is 5.97 Å². The molecule has 2 aromatic rings. The summed E-state index contributed by atoms with van der Waals surface area (Å²) >= 11 is 0. The molecule has 1 aromatic heterocycles. The Labute approximate surface area is 112 Å². The molecule has 3 heteroatoms. The zero-order valence-electron chi connectivity index (χ0n) is 10.7. The van der Waals surface area contributed by atoms with Crippen LogP contribution in [0.4, 0.5) is 0 Å². The van der Waals surface area contributed by atoms with Gasteiger partial charge in [-0.3, -0.25) is 0 Å². The highest BCUT2D eigenvalue weighted by atomic mass is 16.4. The van der Waals surface area contributed by atoms with Gasteiger partial charge < -0.3 is 10.1 Å². The normalized spacial score (nSPS) is 17.2. The number of fused-ring (bicyclic) bond motifs is 1. The Bertz CT molecular complexity index is 633. The summed E-state index contributed by atoms with van der Waals surface area (Å²) in [4.78, 5) is 14.3. The van der Waals surface area contributed by atoms with Crippen molar-refractivity contribution in [1.29, 1.82) is 0 Å². The molecule has 0 aliphatic heterocycles. The Hall–Kier alpha value is -2.03. The summed E-state index contributed by atoms with van der Waals surface area (Å²) in [6, 6.07) is 8.04. The highest BCUT2D eigenvalue weighted by Crippen LogP contribution is 2.38. The number of carbonyl (C=O) groups is 1. The first kappa shape index (κ1) is 12.0. The fourth-order valence-corrected chi connectivity index (χ4v) is 3.10. The highest BCUT2D eigenvalue weighted by Gasteiger charge is 2.23. The zero-order valence-corrected chi connectivity index (χ0v) is 10.7. The molecule has 1 saturated carbocycles. The van der Waals surface area contributed by atoms with Crippen LogP contribution in [0.2, 0.25) is 0 Å². The van der Waals surface area contributed by atoms with E-state index in [1.54, 1.807) is 0 Å². The molecule has 1 heterocycles. The van der Waals surface area contributed by atoms with Gasteiger partial charge in [0, 0.05) is 28.7 Å². The van der Waals surface area contributed by atoms with E-state index in [0.29, 0.717) is 5.92 Å². The molecule has 1 aromatic carbocycles. The number of hydrogen-bond acceptors (Lipinski definition) is 1. The van der Waals surface area contributed by atoms with E-state index in [0.717, 1.165) is 34.9 Å². The van der Waals surface area contributed by atoms with Crippen molar-refractivity contribution in [1.82, 2.24) is 4.98 Å². The van der Waals surface area contributed by atoms with E-state index >= 15 is 0 Å². The average molecular weight is 255 g/mol. The van der Waals surface area contributed by atoms with Crippen molar-refractivity contribution in [2.45, 2.75) is 25.7 Å². The second-order valence-corrected chi connectivity index (χ2v) is 5.17. The lowest BCUT2D eigenvalue weighted by molar-refractivity contribution is -0.131. The average Bonchev–Trinajstić information content (AvgIpc) is 3.05. The summed E-state index contributed by atoms with van der Waals surface area (Å²) in [5, 5.41) is 10.2. The Morgan fingerprint density at radius 1 is 1.26 bits per heavy atom. The number of rotatable bonds is 3. The van der Waals surface area contributed by atoms with Gasteiger partial charge in [0.25, 0.3) is 0 Å². The van der Waals surface area contributed by atoms with E-state index in [1.807, 2.05) is 30.5 Å². The number of carboxylic acid groups (broad SMARTS) is 1. The van der Waals surface area contributed by atoms with Gasteiger partial charge in [0.2, 0.25) is 0 Å². The number of carboxylic acids is 1. The molecule has 1 aliphatic carbocycles. The van der Waals surface area contributed by atoms with E-state index in [-0.39, 0.29) is 0 Å². The molecule has 0 unspecified atom stereocenters. The maximum Gasteiger partial charge on any atom is 0.328 e. The van der Waals surface area contributed by atoms with Crippen LogP contribution in [0.1, 0.15) is 31.2 Å². The van der Waals surface area contributed by atoms with Gasteiger partial charge in [-0.25, -0.2) is 4.79 Å². The zero-order chi connectivity index (χ0) is 13.2. The number of para-hydroxylation sites is 1. The van der Waals surface area contributed by atoms with Crippen LogP contribution in [0.15, 0.2) is 36.5 Å². The number of benzene rings is 1. The third-order valence-electron chi connectivity index (χ3n) is 3.97. The molecule has 0 spiro atoms. The van der Waals surface area contributed by atoms with Crippen LogP contribution in [0.3, 0.4) is 0 Å². The third-order valence-corrected chi connectivity index (χ3v) is 3.97. The fourth-order valence-electron chi connectivity index (χ4n) is 3.10. The van der Waals surface area contributed by atoms with Crippen molar-refractivity contribution in [2.24, 2.45) is 5.92 Å². The number of allylic oxidation sites excluding steroid dienone is 1. The summed E-state index contributed by atoms with van der Waals surface area (Å²) in [6.07, 6.45) is 7.93. The maximum atomic E-state index is 11.1. The molecular formula is C16H17NO2. The van der Waals surface area contributed by atoms with Gasteiger partial charge in [0.15, 0.2) is 0 Å². The minimum atomic E-state index is -0.854. The molecule has 19 heavy (non-hydrogen) atoms. The summed E-state index contributed by atoms with van der Waals surface area (Å²) in [5.41, 5.74) is 3.08. The van der Waals surface area contributed by atoms with Crippen molar-refractivity contribution in [3.8, 4) is 0 Å². The molecular weight excluding hydrogens is 238 g/mol. The second kappa shape index (κ2) is 4.92. The van der Waals surface area contributed by atoms with Crippen LogP contribution < -0.4 is 0 Å². The summed E-state index contributed by atoms with van der Waals surface area (Å²) in [7, 11) is 0. The number of nitrogens with one attached hydrogen (secondary N) is 1. The number of aromatic amines is 1. The van der Waals surface area contributed by atoms with Gasteiger partial charge in [-0.15, -0.1) is 0 Å². The number of aromatic nitrogens is 1. The minimum absolute atomic E-state index is 0.385. The van der Waals surface area contributed by atoms with Gasteiger partial charge in [0.05, 0.1) is 0 Å². The number of aliphatic carboxylic acids is 1. The topological polar surface area (TPSA) is 53.1 Å². The Balaban J connectivity index is 2.11. The summed E-state index contributed by atoms with van der Waals surface area (Å²) in [5.74, 6) is -0.470. The predicted octanol–water partition coefficient (Wildman–Crippen LogP) is 3.83. The first-order chi connectivity index (χ1) is 9.25. The first-order valence-corrected chi connectivity index (χ1v) is 6.76. The number of hydrogen-bond donors (Lipinski definition) is 2. The largest absolute Gasteiger partial charge is 0.478 e. The van der Waals surface area contributed by atoms with Gasteiger partial charge in [-0.05, 0) is 30.4 Å². The minimum Gasteiger partial charge on any atom is -0.478 e. The van der Waals surface area contributed by atoms with E-state index in [2.05, 4.69) is 4.98 Å². The van der Waals surface area contributed by atoms with E-state index in [9.17, 15) is 4.79 Å². The van der Waals surface area contributed by atoms with Gasteiger partial charge in [0.1, 0.15) is 0 Å². The van der Waals surface area contributed by atoms with Crippen LogP contribution >= 0.6 is 0 Å². The molecule has 0 radical (unpaired) electrons. The van der Waals surface area contributed by atoms with Crippen molar-refractivity contribution in [2.75, 3.05) is 0 Å². The lowest BCUT2D eigenvalue weighted by atomic mass is 9.90. The monoisotopic (exact) mass is 255 g/mol. The summed E-state index contributed by atoms with van der Waals surface area (Å²) < 4.78 is 0. The molecule has 0 atom stereocenters. The summed E-state index contributed by atoms with van der Waals surface area (Å²) in [6.45, 7) is 0. The van der Waals surface area contributed by atoms with E-state index in [4.69, 9.17) is 5.11 Å².